The Kier molecular flexibility index (Phi) is 5.12. The first kappa shape index (κ1) is 14.5. The summed E-state index contributed by atoms with van der Waals surface area (Å²) >= 11 is 1.08. The fourth-order valence-corrected chi connectivity index (χ4v) is 1.67. The summed E-state index contributed by atoms with van der Waals surface area (Å²) in [6, 6.07) is 0. The van der Waals surface area contributed by atoms with Crippen LogP contribution in [0.4, 0.5) is 18.3 Å². The van der Waals surface area contributed by atoms with Gasteiger partial charge in [0.05, 0.1) is 24.0 Å². The summed E-state index contributed by atoms with van der Waals surface area (Å²) in [4.78, 5) is 15.6. The van der Waals surface area contributed by atoms with Crippen molar-refractivity contribution in [3.8, 4) is 11.8 Å². The second-order valence-corrected chi connectivity index (χ2v) is 4.23. The number of carbonyl (C=O) groups excluding carboxylic acids is 1. The van der Waals surface area contributed by atoms with Crippen molar-refractivity contribution in [3.05, 3.63) is 11.1 Å². The molecular formula is C10H10F3N3OS. The third kappa shape index (κ3) is 5.65. The van der Waals surface area contributed by atoms with E-state index in [0.29, 0.717) is 4.88 Å². The minimum absolute atomic E-state index is 0.200. The number of amides is 1. The third-order valence-electron chi connectivity index (χ3n) is 1.70. The number of thiazole rings is 1. The summed E-state index contributed by atoms with van der Waals surface area (Å²) in [5.41, 5.74) is 5.18. The molecule has 0 atom stereocenters. The summed E-state index contributed by atoms with van der Waals surface area (Å²) in [6.45, 7) is 0.200. The standard InChI is InChI=1S/C10H10F3N3OS/c11-10(12,13)4-3-8(17)16-9-15-6-7(18-9)2-1-5-14/h6H,3-5,14H2,(H,15,16,17). The highest BCUT2D eigenvalue weighted by molar-refractivity contribution is 7.16. The largest absolute Gasteiger partial charge is 0.389 e. The first-order valence-corrected chi connectivity index (χ1v) is 5.74. The number of hydrogen-bond donors (Lipinski definition) is 2. The van der Waals surface area contributed by atoms with E-state index in [2.05, 4.69) is 22.1 Å². The third-order valence-corrected chi connectivity index (χ3v) is 2.53. The zero-order chi connectivity index (χ0) is 13.6. The Morgan fingerprint density at radius 2 is 2.28 bits per heavy atom. The van der Waals surface area contributed by atoms with Crippen LogP contribution in [0, 0.1) is 11.8 Å². The molecule has 0 aliphatic heterocycles. The Balaban J connectivity index is 2.47. The molecule has 1 aromatic rings. The lowest BCUT2D eigenvalue weighted by Gasteiger charge is -2.05. The highest BCUT2D eigenvalue weighted by Gasteiger charge is 2.27. The number of alkyl halides is 3. The van der Waals surface area contributed by atoms with Gasteiger partial charge in [0.2, 0.25) is 5.91 Å². The molecule has 1 amide bonds. The van der Waals surface area contributed by atoms with Crippen molar-refractivity contribution in [3.63, 3.8) is 0 Å². The lowest BCUT2D eigenvalue weighted by atomic mass is 10.3. The molecule has 0 aromatic carbocycles. The molecule has 1 aromatic heterocycles. The molecule has 0 radical (unpaired) electrons. The predicted molar refractivity (Wildman–Crippen MR) is 62.0 cm³/mol. The van der Waals surface area contributed by atoms with Crippen LogP contribution < -0.4 is 11.1 Å². The SMILES string of the molecule is NCC#Cc1cnc(NC(=O)CCC(F)(F)F)s1. The maximum Gasteiger partial charge on any atom is 0.389 e. The van der Waals surface area contributed by atoms with Crippen molar-refractivity contribution in [1.82, 2.24) is 4.98 Å². The molecule has 3 N–H and O–H groups in total. The van der Waals surface area contributed by atoms with Crippen LogP contribution in [-0.2, 0) is 4.79 Å². The van der Waals surface area contributed by atoms with Crippen molar-refractivity contribution in [2.24, 2.45) is 5.73 Å². The Morgan fingerprint density at radius 3 is 2.89 bits per heavy atom. The molecule has 1 rings (SSSR count). The van der Waals surface area contributed by atoms with Gasteiger partial charge in [-0.1, -0.05) is 23.2 Å². The first-order valence-electron chi connectivity index (χ1n) is 4.92. The zero-order valence-corrected chi connectivity index (χ0v) is 9.99. The van der Waals surface area contributed by atoms with E-state index in [4.69, 9.17) is 5.73 Å². The van der Waals surface area contributed by atoms with E-state index >= 15 is 0 Å². The Hall–Kier alpha value is -1.59. The molecule has 0 saturated heterocycles. The van der Waals surface area contributed by atoms with Gasteiger partial charge in [0.15, 0.2) is 5.13 Å². The molecule has 4 nitrogen and oxygen atoms in total. The summed E-state index contributed by atoms with van der Waals surface area (Å²) in [5.74, 6) is 4.58. The summed E-state index contributed by atoms with van der Waals surface area (Å²) in [7, 11) is 0. The Bertz CT molecular complexity index is 473. The van der Waals surface area contributed by atoms with Crippen molar-refractivity contribution in [2.75, 3.05) is 11.9 Å². The van der Waals surface area contributed by atoms with Gasteiger partial charge < -0.3 is 11.1 Å². The van der Waals surface area contributed by atoms with E-state index < -0.39 is 24.9 Å². The average molecular weight is 277 g/mol. The second kappa shape index (κ2) is 6.37. The van der Waals surface area contributed by atoms with Gasteiger partial charge in [0, 0.05) is 6.42 Å². The van der Waals surface area contributed by atoms with Crippen molar-refractivity contribution < 1.29 is 18.0 Å². The first-order chi connectivity index (χ1) is 8.40. The van der Waals surface area contributed by atoms with Crippen LogP contribution in [0.3, 0.4) is 0 Å². The quantitative estimate of drug-likeness (QED) is 0.827. The smallest absolute Gasteiger partial charge is 0.320 e. The van der Waals surface area contributed by atoms with Crippen LogP contribution in [0.2, 0.25) is 0 Å². The summed E-state index contributed by atoms with van der Waals surface area (Å²) < 4.78 is 35.6. The maximum absolute atomic E-state index is 11.9. The number of rotatable bonds is 3. The highest BCUT2D eigenvalue weighted by Crippen LogP contribution is 2.22. The molecule has 8 heteroatoms. The number of anilines is 1. The van der Waals surface area contributed by atoms with Crippen molar-refractivity contribution in [1.29, 1.82) is 0 Å². The van der Waals surface area contributed by atoms with Crippen LogP contribution >= 0.6 is 11.3 Å². The number of hydrogen-bond acceptors (Lipinski definition) is 4. The van der Waals surface area contributed by atoms with Crippen LogP contribution in [0.1, 0.15) is 17.7 Å². The molecule has 0 spiro atoms. The lowest BCUT2D eigenvalue weighted by Crippen LogP contribution is -2.16. The number of nitrogens with two attached hydrogens (primary N) is 1. The van der Waals surface area contributed by atoms with Crippen molar-refractivity contribution >= 4 is 22.4 Å². The number of nitrogens with zero attached hydrogens (tertiary/aromatic N) is 1. The van der Waals surface area contributed by atoms with E-state index in [1.165, 1.54) is 6.20 Å². The van der Waals surface area contributed by atoms with Crippen molar-refractivity contribution in [2.45, 2.75) is 19.0 Å². The molecule has 0 unspecified atom stereocenters. The van der Waals surface area contributed by atoms with Gasteiger partial charge >= 0.3 is 6.18 Å². The zero-order valence-electron chi connectivity index (χ0n) is 9.17. The fourth-order valence-electron chi connectivity index (χ4n) is 0.965. The highest BCUT2D eigenvalue weighted by atomic mass is 32.1. The normalized spacial score (nSPS) is 10.7. The fraction of sp³-hybridized carbons (Fsp3) is 0.400. The van der Waals surface area contributed by atoms with Gasteiger partial charge in [-0.05, 0) is 0 Å². The van der Waals surface area contributed by atoms with E-state index in [9.17, 15) is 18.0 Å². The van der Waals surface area contributed by atoms with Crippen LogP contribution in [0.15, 0.2) is 6.20 Å². The Morgan fingerprint density at radius 1 is 1.56 bits per heavy atom. The second-order valence-electron chi connectivity index (χ2n) is 3.20. The van der Waals surface area contributed by atoms with Gasteiger partial charge in [0.1, 0.15) is 0 Å². The number of halogens is 3. The van der Waals surface area contributed by atoms with E-state index in [-0.39, 0.29) is 11.7 Å². The maximum atomic E-state index is 11.9. The molecule has 0 aliphatic rings. The molecular weight excluding hydrogens is 267 g/mol. The lowest BCUT2D eigenvalue weighted by molar-refractivity contribution is -0.142. The molecule has 0 bridgehead atoms. The molecule has 1 heterocycles. The number of carbonyl (C=O) groups is 1. The predicted octanol–water partition coefficient (Wildman–Crippen LogP) is 1.73. The van der Waals surface area contributed by atoms with E-state index in [1.807, 2.05) is 0 Å². The topological polar surface area (TPSA) is 68.0 Å². The Labute approximate surface area is 105 Å². The monoisotopic (exact) mass is 277 g/mol. The number of nitrogens with one attached hydrogen (secondary N) is 1. The molecule has 98 valence electrons. The number of aromatic nitrogens is 1. The molecule has 0 saturated carbocycles. The van der Waals surface area contributed by atoms with E-state index in [0.717, 1.165) is 11.3 Å². The van der Waals surface area contributed by atoms with Crippen LogP contribution in [0.5, 0.6) is 0 Å². The van der Waals surface area contributed by atoms with Gasteiger partial charge in [0.25, 0.3) is 0 Å². The van der Waals surface area contributed by atoms with Gasteiger partial charge in [-0.3, -0.25) is 4.79 Å². The average Bonchev–Trinajstić information content (AvgIpc) is 2.70. The molecule has 0 aliphatic carbocycles. The minimum atomic E-state index is -4.34. The summed E-state index contributed by atoms with van der Waals surface area (Å²) in [5, 5.41) is 2.51. The van der Waals surface area contributed by atoms with Gasteiger partial charge in [-0.25, -0.2) is 4.98 Å². The van der Waals surface area contributed by atoms with Crippen LogP contribution in [0.25, 0.3) is 0 Å². The van der Waals surface area contributed by atoms with Gasteiger partial charge in [-0.15, -0.1) is 0 Å². The minimum Gasteiger partial charge on any atom is -0.320 e. The van der Waals surface area contributed by atoms with E-state index in [1.54, 1.807) is 0 Å². The molecule has 18 heavy (non-hydrogen) atoms. The van der Waals surface area contributed by atoms with Crippen LogP contribution in [-0.4, -0.2) is 23.6 Å². The molecule has 0 fully saturated rings. The van der Waals surface area contributed by atoms with Gasteiger partial charge in [-0.2, -0.15) is 13.2 Å². The summed E-state index contributed by atoms with van der Waals surface area (Å²) in [6.07, 6.45) is -4.68.